The normalized spacial score (nSPS) is 10.9. The van der Waals surface area contributed by atoms with Crippen LogP contribution in [0.15, 0.2) is 19.8 Å². The predicted molar refractivity (Wildman–Crippen MR) is 80.7 cm³/mol. The van der Waals surface area contributed by atoms with Crippen molar-refractivity contribution in [2.45, 2.75) is 19.9 Å². The van der Waals surface area contributed by atoms with Crippen LogP contribution in [0, 0.1) is 0 Å². The van der Waals surface area contributed by atoms with Crippen LogP contribution in [0.5, 0.6) is 0 Å². The van der Waals surface area contributed by atoms with Gasteiger partial charge in [-0.25, -0.2) is 0 Å². The van der Waals surface area contributed by atoms with Gasteiger partial charge in [-0.15, -0.1) is 11.3 Å². The maximum absolute atomic E-state index is 12.5. The second kappa shape index (κ2) is 5.86. The Labute approximate surface area is 130 Å². The highest BCUT2D eigenvalue weighted by Crippen LogP contribution is 2.34. The first-order valence-corrected chi connectivity index (χ1v) is 8.03. The Balaban J connectivity index is 2.45. The number of hydrogen-bond acceptors (Lipinski definition) is 3. The molecule has 0 atom stereocenters. The molecule has 0 aliphatic heterocycles. The van der Waals surface area contributed by atoms with Crippen LogP contribution >= 0.6 is 54.8 Å². The highest BCUT2D eigenvalue weighted by molar-refractivity contribution is 9.12. The summed E-state index contributed by atoms with van der Waals surface area (Å²) in [6.07, 6.45) is 2.41. The summed E-state index contributed by atoms with van der Waals surface area (Å²) in [5.74, 6) is -0.111. The van der Waals surface area contributed by atoms with Crippen molar-refractivity contribution in [1.29, 1.82) is 0 Å². The van der Waals surface area contributed by atoms with Crippen LogP contribution < -0.4 is 0 Å². The third kappa shape index (κ3) is 2.71. The lowest BCUT2D eigenvalue weighted by Gasteiger charge is -2.05. The van der Waals surface area contributed by atoms with E-state index in [0.29, 0.717) is 22.8 Å². The quantitative estimate of drug-likeness (QED) is 0.679. The molecule has 0 fully saturated rings. The molecule has 0 unspecified atom stereocenters. The van der Waals surface area contributed by atoms with Gasteiger partial charge in [-0.3, -0.25) is 9.48 Å². The molecule has 0 radical (unpaired) electrons. The topological polar surface area (TPSA) is 34.9 Å². The van der Waals surface area contributed by atoms with Crippen molar-refractivity contribution in [3.8, 4) is 0 Å². The summed E-state index contributed by atoms with van der Waals surface area (Å²) < 4.78 is 3.35. The Kier molecular flexibility index (Phi) is 4.64. The van der Waals surface area contributed by atoms with Gasteiger partial charge < -0.3 is 0 Å². The molecule has 0 bridgehead atoms. The Morgan fingerprint density at radius 3 is 2.83 bits per heavy atom. The molecular formula is C11H9Br2ClN2OS. The first-order chi connectivity index (χ1) is 8.54. The maximum Gasteiger partial charge on any atom is 0.214 e. The molecule has 2 aromatic rings. The number of aromatic nitrogens is 2. The fourth-order valence-electron chi connectivity index (χ4n) is 1.59. The van der Waals surface area contributed by atoms with Crippen LogP contribution in [-0.4, -0.2) is 15.6 Å². The smallest absolute Gasteiger partial charge is 0.214 e. The molecule has 0 saturated heterocycles. The zero-order valence-electron chi connectivity index (χ0n) is 9.41. The van der Waals surface area contributed by atoms with E-state index >= 15 is 0 Å². The number of thiophene rings is 1. The molecule has 2 aromatic heterocycles. The van der Waals surface area contributed by atoms with Gasteiger partial charge in [0.2, 0.25) is 5.78 Å². The van der Waals surface area contributed by atoms with Crippen molar-refractivity contribution in [2.24, 2.45) is 0 Å². The number of carbonyl (C=O) groups is 1. The lowest BCUT2D eigenvalue weighted by Crippen LogP contribution is -2.11. The second-order valence-electron chi connectivity index (χ2n) is 3.63. The van der Waals surface area contributed by atoms with Crippen molar-refractivity contribution in [3.63, 3.8) is 0 Å². The number of aryl methyl sites for hydroxylation is 1. The molecule has 0 aliphatic rings. The number of halogens is 3. The minimum absolute atomic E-state index is 0.111. The molecule has 3 nitrogen and oxygen atoms in total. The van der Waals surface area contributed by atoms with Gasteiger partial charge in [0.15, 0.2) is 0 Å². The fraction of sp³-hybridized carbons (Fsp3) is 0.273. The maximum atomic E-state index is 12.5. The van der Waals surface area contributed by atoms with Crippen LogP contribution in [0.1, 0.15) is 29.4 Å². The lowest BCUT2D eigenvalue weighted by atomic mass is 10.1. The largest absolute Gasteiger partial charge is 0.287 e. The molecule has 0 saturated carbocycles. The van der Waals surface area contributed by atoms with E-state index < -0.39 is 0 Å². The molecule has 0 aromatic carbocycles. The lowest BCUT2D eigenvalue weighted by molar-refractivity contribution is 0.102. The first kappa shape index (κ1) is 14.2. The summed E-state index contributed by atoms with van der Waals surface area (Å²) in [5.41, 5.74) is 1.05. The molecule has 18 heavy (non-hydrogen) atoms. The second-order valence-corrected chi connectivity index (χ2v) is 7.79. The Morgan fingerprint density at radius 2 is 2.28 bits per heavy atom. The number of rotatable bonds is 4. The highest BCUT2D eigenvalue weighted by atomic mass is 79.9. The average Bonchev–Trinajstić information content (AvgIpc) is 2.82. The zero-order valence-corrected chi connectivity index (χ0v) is 14.2. The van der Waals surface area contributed by atoms with Gasteiger partial charge in [-0.1, -0.05) is 18.5 Å². The predicted octanol–water partition coefficient (Wildman–Crippen LogP) is 4.76. The van der Waals surface area contributed by atoms with Gasteiger partial charge in [0.1, 0.15) is 5.69 Å². The third-order valence-electron chi connectivity index (χ3n) is 2.35. The number of nitrogens with zero attached hydrogens (tertiary/aromatic N) is 2. The summed E-state index contributed by atoms with van der Waals surface area (Å²) in [5, 5.41) is 4.52. The van der Waals surface area contributed by atoms with Crippen LogP contribution in [0.25, 0.3) is 0 Å². The monoisotopic (exact) mass is 410 g/mol. The van der Waals surface area contributed by atoms with Crippen LogP contribution in [0.3, 0.4) is 0 Å². The molecular weight excluding hydrogens is 403 g/mol. The van der Waals surface area contributed by atoms with E-state index in [0.717, 1.165) is 14.0 Å². The Hall–Kier alpha value is -0.170. The van der Waals surface area contributed by atoms with Gasteiger partial charge in [0, 0.05) is 6.54 Å². The Morgan fingerprint density at radius 1 is 1.56 bits per heavy atom. The van der Waals surface area contributed by atoms with Gasteiger partial charge in [0.05, 0.1) is 24.4 Å². The third-order valence-corrected chi connectivity index (χ3v) is 4.96. The van der Waals surface area contributed by atoms with Gasteiger partial charge in [-0.2, -0.15) is 5.10 Å². The molecule has 96 valence electrons. The molecule has 0 aliphatic carbocycles. The summed E-state index contributed by atoms with van der Waals surface area (Å²) in [4.78, 5) is 12.5. The number of hydrogen-bond donors (Lipinski definition) is 0. The van der Waals surface area contributed by atoms with E-state index in [-0.39, 0.29) is 5.78 Å². The standard InChI is InChI=1S/C11H9Br2ClN2OS/c1-2-3-16-9(7(14)5-15-16)10(17)6-4-8(12)18-11(6)13/h4-5H,2-3H2,1H3. The van der Waals surface area contributed by atoms with Crippen molar-refractivity contribution < 1.29 is 4.79 Å². The Bertz CT molecular complexity index is 594. The zero-order chi connectivity index (χ0) is 13.3. The van der Waals surface area contributed by atoms with Gasteiger partial charge in [0.25, 0.3) is 0 Å². The van der Waals surface area contributed by atoms with Crippen molar-refractivity contribution in [2.75, 3.05) is 0 Å². The van der Waals surface area contributed by atoms with Crippen molar-refractivity contribution in [3.05, 3.63) is 36.1 Å². The molecule has 2 rings (SSSR count). The SMILES string of the molecule is CCCn1ncc(Cl)c1C(=O)c1cc(Br)sc1Br. The summed E-state index contributed by atoms with van der Waals surface area (Å²) >= 11 is 14.3. The van der Waals surface area contributed by atoms with Crippen molar-refractivity contribution >= 4 is 60.6 Å². The summed E-state index contributed by atoms with van der Waals surface area (Å²) in [6, 6.07) is 1.79. The minimum Gasteiger partial charge on any atom is -0.287 e. The van der Waals surface area contributed by atoms with E-state index in [2.05, 4.69) is 37.0 Å². The van der Waals surface area contributed by atoms with Gasteiger partial charge >= 0.3 is 0 Å². The van der Waals surface area contributed by atoms with E-state index in [4.69, 9.17) is 11.6 Å². The number of carbonyl (C=O) groups excluding carboxylic acids is 1. The first-order valence-electron chi connectivity index (χ1n) is 5.25. The van der Waals surface area contributed by atoms with E-state index in [1.807, 2.05) is 6.92 Å². The summed E-state index contributed by atoms with van der Waals surface area (Å²) in [7, 11) is 0. The minimum atomic E-state index is -0.111. The van der Waals surface area contributed by atoms with Crippen LogP contribution in [0.4, 0.5) is 0 Å². The fourth-order valence-corrected chi connectivity index (χ4v) is 4.61. The molecule has 0 spiro atoms. The van der Waals surface area contributed by atoms with E-state index in [1.165, 1.54) is 17.5 Å². The van der Waals surface area contributed by atoms with Crippen LogP contribution in [0.2, 0.25) is 5.02 Å². The molecule has 0 amide bonds. The molecule has 7 heteroatoms. The van der Waals surface area contributed by atoms with E-state index in [9.17, 15) is 4.79 Å². The van der Waals surface area contributed by atoms with E-state index in [1.54, 1.807) is 10.7 Å². The highest BCUT2D eigenvalue weighted by Gasteiger charge is 2.22. The number of ketones is 1. The van der Waals surface area contributed by atoms with Crippen LogP contribution in [-0.2, 0) is 6.54 Å². The molecule has 0 N–H and O–H groups in total. The molecule has 2 heterocycles. The average molecular weight is 413 g/mol. The van der Waals surface area contributed by atoms with Gasteiger partial charge in [-0.05, 0) is 44.3 Å². The summed E-state index contributed by atoms with van der Waals surface area (Å²) in [6.45, 7) is 2.71. The van der Waals surface area contributed by atoms with Crippen molar-refractivity contribution in [1.82, 2.24) is 9.78 Å².